The molecule has 0 saturated heterocycles. The first kappa shape index (κ1) is 19.6. The first-order valence-corrected chi connectivity index (χ1v) is 5.42. The van der Waals surface area contributed by atoms with Crippen LogP contribution in [0.4, 0.5) is 0 Å². The minimum Gasteiger partial charge on any atom is -0.366 e. The lowest BCUT2D eigenvalue weighted by atomic mass is 10.3. The standard InChI is InChI=1S/C4H7NO.C4H10.H2O4S/c1-3(2)4(5)6;1-4(2)3;1-5(2,3)4/h1H2,2H3,(H2,5,6);4H,1-3H3;(H2,1,2,3,4). The smallest absolute Gasteiger partial charge is 0.366 e. The van der Waals surface area contributed by atoms with Crippen LogP contribution in [0, 0.1) is 5.92 Å². The fourth-order valence-corrected chi connectivity index (χ4v) is 0. The highest BCUT2D eigenvalue weighted by atomic mass is 32.3. The Morgan fingerprint density at radius 3 is 1.33 bits per heavy atom. The van der Waals surface area contributed by atoms with Gasteiger partial charge in [0.05, 0.1) is 0 Å². The van der Waals surface area contributed by atoms with Crippen molar-refractivity contribution in [1.82, 2.24) is 0 Å². The van der Waals surface area contributed by atoms with Gasteiger partial charge in [-0.2, -0.15) is 8.42 Å². The molecule has 6 nitrogen and oxygen atoms in total. The Balaban J connectivity index is -0.000000147. The Morgan fingerprint density at radius 1 is 1.27 bits per heavy atom. The lowest BCUT2D eigenvalue weighted by Gasteiger charge is -1.81. The molecule has 0 radical (unpaired) electrons. The molecule has 0 spiro atoms. The quantitative estimate of drug-likeness (QED) is 0.468. The third-order valence-electron chi connectivity index (χ3n) is 0.421. The van der Waals surface area contributed by atoms with Crippen molar-refractivity contribution in [2.75, 3.05) is 0 Å². The molecule has 1 amide bonds. The largest absolute Gasteiger partial charge is 0.394 e. The van der Waals surface area contributed by atoms with Crippen LogP contribution < -0.4 is 5.73 Å². The molecule has 92 valence electrons. The Morgan fingerprint density at radius 2 is 1.33 bits per heavy atom. The molecule has 0 aliphatic heterocycles. The van der Waals surface area contributed by atoms with Crippen LogP contribution in [0.3, 0.4) is 0 Å². The van der Waals surface area contributed by atoms with E-state index in [1.165, 1.54) is 0 Å². The van der Waals surface area contributed by atoms with Crippen LogP contribution in [0.2, 0.25) is 0 Å². The molecule has 15 heavy (non-hydrogen) atoms. The predicted molar refractivity (Wildman–Crippen MR) is 58.7 cm³/mol. The summed E-state index contributed by atoms with van der Waals surface area (Å²) in [4.78, 5) is 9.82. The summed E-state index contributed by atoms with van der Waals surface area (Å²) in [6.45, 7) is 11.4. The predicted octanol–water partition coefficient (Wildman–Crippen LogP) is 1.06. The number of hydrogen-bond acceptors (Lipinski definition) is 3. The number of nitrogens with two attached hydrogens (primary N) is 1. The molecule has 0 aromatic heterocycles. The van der Waals surface area contributed by atoms with Gasteiger partial charge in [-0.3, -0.25) is 13.9 Å². The molecule has 0 saturated carbocycles. The monoisotopic (exact) mass is 241 g/mol. The zero-order valence-electron chi connectivity index (χ0n) is 9.39. The topological polar surface area (TPSA) is 118 Å². The van der Waals surface area contributed by atoms with Crippen molar-refractivity contribution in [3.63, 3.8) is 0 Å². The van der Waals surface area contributed by atoms with Gasteiger partial charge in [0.15, 0.2) is 0 Å². The van der Waals surface area contributed by atoms with Crippen molar-refractivity contribution in [3.8, 4) is 0 Å². The summed E-state index contributed by atoms with van der Waals surface area (Å²) in [5.74, 6) is 0.398. The van der Waals surface area contributed by atoms with Gasteiger partial charge in [-0.15, -0.1) is 0 Å². The Bertz CT molecular complexity index is 259. The highest BCUT2D eigenvalue weighted by molar-refractivity contribution is 7.79. The van der Waals surface area contributed by atoms with Gasteiger partial charge in [-0.05, 0) is 12.8 Å². The van der Waals surface area contributed by atoms with Crippen molar-refractivity contribution in [2.45, 2.75) is 27.7 Å². The van der Waals surface area contributed by atoms with Crippen LogP contribution in [-0.4, -0.2) is 23.4 Å². The molecule has 0 atom stereocenters. The molecule has 0 fully saturated rings. The summed E-state index contributed by atoms with van der Waals surface area (Å²) in [5.41, 5.74) is 5.09. The fourth-order valence-electron chi connectivity index (χ4n) is 0. The van der Waals surface area contributed by atoms with Crippen molar-refractivity contribution in [1.29, 1.82) is 0 Å². The number of amides is 1. The maximum Gasteiger partial charge on any atom is 0.394 e. The highest BCUT2D eigenvalue weighted by Gasteiger charge is 1.86. The molecule has 0 unspecified atom stereocenters. The Labute approximate surface area is 90.7 Å². The molecule has 0 rings (SSSR count). The third kappa shape index (κ3) is 169. The van der Waals surface area contributed by atoms with E-state index in [0.29, 0.717) is 5.57 Å². The van der Waals surface area contributed by atoms with Gasteiger partial charge in [0.2, 0.25) is 5.91 Å². The molecule has 0 aromatic carbocycles. The molecule has 0 aromatic rings. The average Bonchev–Trinajstić information content (AvgIpc) is 1.80. The molecule has 0 aliphatic carbocycles. The normalized spacial score (nSPS) is 9.27. The summed E-state index contributed by atoms with van der Waals surface area (Å²) < 4.78 is 31.6. The van der Waals surface area contributed by atoms with Crippen LogP contribution in [0.25, 0.3) is 0 Å². The number of primary amides is 1. The van der Waals surface area contributed by atoms with Crippen LogP contribution in [0.15, 0.2) is 12.2 Å². The Kier molecular flexibility index (Phi) is 12.6. The average molecular weight is 241 g/mol. The van der Waals surface area contributed by atoms with Gasteiger partial charge >= 0.3 is 10.4 Å². The summed E-state index contributed by atoms with van der Waals surface area (Å²) in [5, 5.41) is 0. The molecular weight excluding hydrogens is 222 g/mol. The van der Waals surface area contributed by atoms with Crippen molar-refractivity contribution < 1.29 is 22.3 Å². The number of hydrogen-bond donors (Lipinski definition) is 3. The van der Waals surface area contributed by atoms with Crippen LogP contribution in [-0.2, 0) is 15.2 Å². The maximum atomic E-state index is 9.82. The number of carbonyl (C=O) groups excluding carboxylic acids is 1. The van der Waals surface area contributed by atoms with Gasteiger partial charge in [-0.1, -0.05) is 27.4 Å². The minimum absolute atomic E-state index is 0.398. The zero-order chi connectivity index (χ0) is 13.2. The van der Waals surface area contributed by atoms with E-state index in [0.717, 1.165) is 5.92 Å². The Hall–Kier alpha value is -0.920. The fraction of sp³-hybridized carbons (Fsp3) is 0.625. The van der Waals surface area contributed by atoms with Crippen molar-refractivity contribution in [2.24, 2.45) is 11.7 Å². The lowest BCUT2D eigenvalue weighted by Crippen LogP contribution is -2.10. The van der Waals surface area contributed by atoms with Crippen molar-refractivity contribution in [3.05, 3.63) is 12.2 Å². The summed E-state index contributed by atoms with van der Waals surface area (Å²) in [6, 6.07) is 0. The van der Waals surface area contributed by atoms with Gasteiger partial charge < -0.3 is 5.73 Å². The van der Waals surface area contributed by atoms with E-state index in [4.69, 9.17) is 23.3 Å². The molecule has 0 heterocycles. The second-order valence-corrected chi connectivity index (χ2v) is 4.22. The molecule has 7 heteroatoms. The van der Waals surface area contributed by atoms with Gasteiger partial charge in [0.25, 0.3) is 0 Å². The van der Waals surface area contributed by atoms with Crippen LogP contribution in [0.5, 0.6) is 0 Å². The van der Waals surface area contributed by atoms with E-state index < -0.39 is 16.3 Å². The second-order valence-electron chi connectivity index (χ2n) is 3.32. The minimum atomic E-state index is -4.67. The maximum absolute atomic E-state index is 9.82. The van der Waals surface area contributed by atoms with E-state index in [1.54, 1.807) is 6.92 Å². The SMILES string of the molecule is C=C(C)C(N)=O.CC(C)C.O=S(=O)(O)O. The van der Waals surface area contributed by atoms with Gasteiger partial charge in [0.1, 0.15) is 0 Å². The molecule has 0 bridgehead atoms. The summed E-state index contributed by atoms with van der Waals surface area (Å²) in [7, 11) is -4.67. The molecular formula is C8H19NO5S. The first-order chi connectivity index (χ1) is 6.37. The number of rotatable bonds is 1. The van der Waals surface area contributed by atoms with E-state index >= 15 is 0 Å². The van der Waals surface area contributed by atoms with E-state index in [2.05, 4.69) is 27.4 Å². The van der Waals surface area contributed by atoms with Crippen molar-refractivity contribution >= 4 is 16.3 Å². The molecule has 0 aliphatic rings. The lowest BCUT2D eigenvalue weighted by molar-refractivity contribution is -0.114. The highest BCUT2D eigenvalue weighted by Crippen LogP contribution is 1.81. The van der Waals surface area contributed by atoms with Gasteiger partial charge in [-0.25, -0.2) is 0 Å². The second kappa shape index (κ2) is 9.63. The van der Waals surface area contributed by atoms with Crippen LogP contribution in [0.1, 0.15) is 27.7 Å². The van der Waals surface area contributed by atoms with E-state index in [1.807, 2.05) is 0 Å². The molecule has 4 N–H and O–H groups in total. The van der Waals surface area contributed by atoms with Crippen LogP contribution >= 0.6 is 0 Å². The third-order valence-corrected chi connectivity index (χ3v) is 0.421. The zero-order valence-corrected chi connectivity index (χ0v) is 10.2. The van der Waals surface area contributed by atoms with E-state index in [9.17, 15) is 4.79 Å². The summed E-state index contributed by atoms with van der Waals surface area (Å²) >= 11 is 0. The van der Waals surface area contributed by atoms with Gasteiger partial charge in [0, 0.05) is 5.57 Å². The van der Waals surface area contributed by atoms with E-state index in [-0.39, 0.29) is 0 Å². The first-order valence-electron chi connectivity index (χ1n) is 4.03. The number of carbonyl (C=O) groups is 1. The summed E-state index contributed by atoms with van der Waals surface area (Å²) in [6.07, 6.45) is 0.